The van der Waals surface area contributed by atoms with Gasteiger partial charge >= 0.3 is 6.18 Å². The zero-order chi connectivity index (χ0) is 24.6. The minimum atomic E-state index is -4.75. The average molecular weight is 541 g/mol. The largest absolute Gasteiger partial charge is 0.416 e. The molecule has 0 radical (unpaired) electrons. The van der Waals surface area contributed by atoms with Gasteiger partial charge in [0.15, 0.2) is 12.0 Å². The van der Waals surface area contributed by atoms with Crippen molar-refractivity contribution in [3.63, 3.8) is 0 Å². The summed E-state index contributed by atoms with van der Waals surface area (Å²) in [6.07, 6.45) is -2.96. The van der Waals surface area contributed by atoms with Crippen LogP contribution in [0, 0.1) is 10.1 Å². The van der Waals surface area contributed by atoms with Gasteiger partial charge in [0.05, 0.1) is 21.9 Å². The molecule has 0 bridgehead atoms. The number of nitro benzene ring substituents is 1. The smallest absolute Gasteiger partial charge is 0.362 e. The molecule has 3 aromatic rings. The van der Waals surface area contributed by atoms with E-state index in [1.807, 2.05) is 0 Å². The standard InChI is InChI=1S/C22H20BrF3N4O4/c1-12(13-8-14(22(24,25)26)10-16(9-13)30(32)33)27-20-18-11-15(23)5-6-17(18)21(31)29(28-20)19-4-2-3-7-34-19/h5-6,8-12,19H,2-4,7H2,1H3,(H,27,28)/t12-,19?/m1/s1. The molecule has 1 aliphatic rings. The molecule has 1 aliphatic heterocycles. The Bertz CT molecular complexity index is 1310. The molecule has 0 spiro atoms. The summed E-state index contributed by atoms with van der Waals surface area (Å²) in [5.41, 5.74) is -2.08. The molecule has 2 aromatic carbocycles. The third kappa shape index (κ3) is 4.92. The lowest BCUT2D eigenvalue weighted by Gasteiger charge is -2.25. The van der Waals surface area contributed by atoms with Crippen LogP contribution in [0.25, 0.3) is 10.8 Å². The predicted molar refractivity (Wildman–Crippen MR) is 123 cm³/mol. The number of fused-ring (bicyclic) bond motifs is 1. The zero-order valence-electron chi connectivity index (χ0n) is 17.9. The lowest BCUT2D eigenvalue weighted by atomic mass is 10.0. The van der Waals surface area contributed by atoms with Gasteiger partial charge in [0.25, 0.3) is 11.2 Å². The average Bonchev–Trinajstić information content (AvgIpc) is 2.80. The molecule has 1 saturated heterocycles. The van der Waals surface area contributed by atoms with E-state index in [9.17, 15) is 28.1 Å². The normalized spacial score (nSPS) is 17.5. The van der Waals surface area contributed by atoms with Gasteiger partial charge in [-0.2, -0.15) is 17.9 Å². The number of nitro groups is 1. The van der Waals surface area contributed by atoms with Crippen molar-refractivity contribution in [2.24, 2.45) is 0 Å². The van der Waals surface area contributed by atoms with Crippen molar-refractivity contribution >= 4 is 38.2 Å². The van der Waals surface area contributed by atoms with Gasteiger partial charge in [-0.1, -0.05) is 15.9 Å². The van der Waals surface area contributed by atoms with Gasteiger partial charge < -0.3 is 10.1 Å². The van der Waals surface area contributed by atoms with E-state index in [4.69, 9.17) is 4.74 Å². The quantitative estimate of drug-likeness (QED) is 0.316. The highest BCUT2D eigenvalue weighted by Gasteiger charge is 2.33. The van der Waals surface area contributed by atoms with Crippen molar-refractivity contribution in [1.29, 1.82) is 0 Å². The van der Waals surface area contributed by atoms with Crippen LogP contribution in [0.4, 0.5) is 24.7 Å². The van der Waals surface area contributed by atoms with Crippen molar-refractivity contribution in [2.75, 3.05) is 11.9 Å². The topological polar surface area (TPSA) is 99.3 Å². The summed E-state index contributed by atoms with van der Waals surface area (Å²) in [5, 5.41) is 19.5. The van der Waals surface area contributed by atoms with E-state index in [1.165, 1.54) is 4.68 Å². The fourth-order valence-corrected chi connectivity index (χ4v) is 4.25. The molecule has 4 rings (SSSR count). The Hall–Kier alpha value is -2.99. The molecule has 1 unspecified atom stereocenters. The molecule has 0 amide bonds. The van der Waals surface area contributed by atoms with Crippen LogP contribution in [-0.2, 0) is 10.9 Å². The number of alkyl halides is 3. The van der Waals surface area contributed by atoms with E-state index in [0.717, 1.165) is 25.0 Å². The van der Waals surface area contributed by atoms with E-state index in [1.54, 1.807) is 25.1 Å². The minimum Gasteiger partial charge on any atom is -0.362 e. The molecular formula is C22H20BrF3N4O4. The maximum absolute atomic E-state index is 13.3. The number of anilines is 1. The maximum atomic E-state index is 13.3. The minimum absolute atomic E-state index is 0.0538. The van der Waals surface area contributed by atoms with Crippen LogP contribution in [-0.4, -0.2) is 21.3 Å². The number of ether oxygens (including phenoxy) is 1. The second-order valence-electron chi connectivity index (χ2n) is 8.04. The first-order valence-electron chi connectivity index (χ1n) is 10.5. The Morgan fingerprint density at radius 3 is 2.65 bits per heavy atom. The molecule has 12 heteroatoms. The molecule has 1 aromatic heterocycles. The first-order chi connectivity index (χ1) is 16.0. The van der Waals surface area contributed by atoms with Crippen molar-refractivity contribution in [1.82, 2.24) is 9.78 Å². The fourth-order valence-electron chi connectivity index (χ4n) is 3.89. The molecule has 2 heterocycles. The van der Waals surface area contributed by atoms with Crippen molar-refractivity contribution in [3.05, 3.63) is 72.5 Å². The molecule has 2 atom stereocenters. The Morgan fingerprint density at radius 1 is 1.24 bits per heavy atom. The van der Waals surface area contributed by atoms with Crippen LogP contribution < -0.4 is 10.9 Å². The molecule has 8 nitrogen and oxygen atoms in total. The predicted octanol–water partition coefficient (Wildman–Crippen LogP) is 5.96. The first-order valence-corrected chi connectivity index (χ1v) is 11.3. The summed E-state index contributed by atoms with van der Waals surface area (Å²) in [6, 6.07) is 6.68. The molecule has 1 N–H and O–H groups in total. The summed E-state index contributed by atoms with van der Waals surface area (Å²) < 4.78 is 47.7. The van der Waals surface area contributed by atoms with Gasteiger partial charge in [-0.05, 0) is 56.0 Å². The lowest BCUT2D eigenvalue weighted by Crippen LogP contribution is -2.32. The highest BCUT2D eigenvalue weighted by molar-refractivity contribution is 9.10. The van der Waals surface area contributed by atoms with Gasteiger partial charge in [0.2, 0.25) is 0 Å². The molecule has 180 valence electrons. The van der Waals surface area contributed by atoms with E-state index in [-0.39, 0.29) is 16.9 Å². The van der Waals surface area contributed by atoms with Crippen molar-refractivity contribution < 1.29 is 22.8 Å². The monoisotopic (exact) mass is 540 g/mol. The number of benzene rings is 2. The number of halogens is 4. The highest BCUT2D eigenvalue weighted by Crippen LogP contribution is 2.35. The lowest BCUT2D eigenvalue weighted by molar-refractivity contribution is -0.385. The van der Waals surface area contributed by atoms with Crippen LogP contribution >= 0.6 is 15.9 Å². The van der Waals surface area contributed by atoms with Crippen molar-refractivity contribution in [2.45, 2.75) is 44.6 Å². The van der Waals surface area contributed by atoms with E-state index in [0.29, 0.717) is 34.3 Å². The van der Waals surface area contributed by atoms with Crippen molar-refractivity contribution in [3.8, 4) is 0 Å². The summed E-state index contributed by atoms with van der Waals surface area (Å²) in [4.78, 5) is 23.5. The Morgan fingerprint density at radius 2 is 2.00 bits per heavy atom. The third-order valence-corrected chi connectivity index (χ3v) is 6.14. The second-order valence-corrected chi connectivity index (χ2v) is 8.96. The Kier molecular flexibility index (Phi) is 6.63. The van der Waals surface area contributed by atoms with Crippen LogP contribution in [0.1, 0.15) is 49.6 Å². The van der Waals surface area contributed by atoms with Gasteiger partial charge in [0.1, 0.15) is 0 Å². The molecule has 0 aliphatic carbocycles. The van der Waals surface area contributed by atoms with E-state index in [2.05, 4.69) is 26.3 Å². The summed E-state index contributed by atoms with van der Waals surface area (Å²) >= 11 is 3.37. The number of aromatic nitrogens is 2. The zero-order valence-corrected chi connectivity index (χ0v) is 19.5. The Labute approximate surface area is 200 Å². The summed E-state index contributed by atoms with van der Waals surface area (Å²) in [7, 11) is 0. The van der Waals surface area contributed by atoms with E-state index < -0.39 is 34.6 Å². The molecule has 34 heavy (non-hydrogen) atoms. The number of nitrogens with zero attached hydrogens (tertiary/aromatic N) is 3. The van der Waals surface area contributed by atoms with E-state index >= 15 is 0 Å². The first kappa shape index (κ1) is 24.1. The fraction of sp³-hybridized carbons (Fsp3) is 0.364. The van der Waals surface area contributed by atoms with Gasteiger partial charge in [-0.3, -0.25) is 14.9 Å². The molecule has 1 fully saturated rings. The molecule has 0 saturated carbocycles. The number of hydrogen-bond donors (Lipinski definition) is 1. The number of nitrogens with one attached hydrogen (secondary N) is 1. The SMILES string of the molecule is C[C@@H](Nc1nn(C2CCCCO2)c(=O)c2ccc(Br)cc12)c1cc([N+](=O)[O-])cc(C(F)(F)F)c1. The van der Waals surface area contributed by atoms with Crippen LogP contribution in [0.2, 0.25) is 0 Å². The maximum Gasteiger partial charge on any atom is 0.416 e. The summed E-state index contributed by atoms with van der Waals surface area (Å²) in [6.45, 7) is 2.06. The van der Waals surface area contributed by atoms with Gasteiger partial charge in [-0.15, -0.1) is 5.10 Å². The number of hydrogen-bond acceptors (Lipinski definition) is 6. The summed E-state index contributed by atoms with van der Waals surface area (Å²) in [5.74, 6) is 0.248. The van der Waals surface area contributed by atoms with Gasteiger partial charge in [0, 0.05) is 28.6 Å². The van der Waals surface area contributed by atoms with Crippen LogP contribution in [0.5, 0.6) is 0 Å². The molecular weight excluding hydrogens is 521 g/mol. The number of non-ortho nitro benzene ring substituents is 1. The van der Waals surface area contributed by atoms with Crippen LogP contribution in [0.15, 0.2) is 45.7 Å². The second kappa shape index (κ2) is 9.34. The number of rotatable bonds is 5. The van der Waals surface area contributed by atoms with Crippen LogP contribution in [0.3, 0.4) is 0 Å². The Balaban J connectivity index is 1.80. The highest BCUT2D eigenvalue weighted by atomic mass is 79.9. The van der Waals surface area contributed by atoms with Gasteiger partial charge in [-0.25, -0.2) is 0 Å². The third-order valence-electron chi connectivity index (χ3n) is 5.64.